The second-order valence-electron chi connectivity index (χ2n) is 6.93. The molecule has 1 saturated heterocycles. The molecular weight excluding hydrogens is 454 g/mol. The summed E-state index contributed by atoms with van der Waals surface area (Å²) in [7, 11) is -3.77. The summed E-state index contributed by atoms with van der Waals surface area (Å²) in [6.45, 7) is 1.80. The zero-order valence-electron chi connectivity index (χ0n) is 15.6. The molecule has 158 valence electrons. The molecule has 0 spiro atoms. The fraction of sp³-hybridized carbons (Fsp3) is 0.263. The number of nitrogens with zero attached hydrogens (tertiary/aromatic N) is 3. The third kappa shape index (κ3) is 4.21. The number of halogens is 3. The van der Waals surface area contributed by atoms with Crippen molar-refractivity contribution in [1.82, 2.24) is 19.2 Å². The number of aromatic nitrogens is 2. The molecule has 2 heterocycles. The van der Waals surface area contributed by atoms with E-state index in [0.29, 0.717) is 41.4 Å². The number of rotatable bonds is 4. The summed E-state index contributed by atoms with van der Waals surface area (Å²) < 4.78 is 40.3. The van der Waals surface area contributed by atoms with Crippen LogP contribution < -0.4 is 5.56 Å². The van der Waals surface area contributed by atoms with Crippen LogP contribution in [0.1, 0.15) is 5.82 Å². The van der Waals surface area contributed by atoms with Crippen LogP contribution in [0.3, 0.4) is 0 Å². The second kappa shape index (κ2) is 8.24. The molecule has 3 aromatic rings. The minimum absolute atomic E-state index is 0.0402. The Morgan fingerprint density at radius 1 is 1.07 bits per heavy atom. The fourth-order valence-electron chi connectivity index (χ4n) is 3.36. The Bertz CT molecular complexity index is 1270. The van der Waals surface area contributed by atoms with E-state index >= 15 is 0 Å². The SMILES string of the molecule is O=c1[nH]c(CN2CCN(S(=O)(=O)c3ccc(F)c(Cl)c3)CC2)nc2ccc(Cl)cc12. The van der Waals surface area contributed by atoms with Gasteiger partial charge in [0.1, 0.15) is 11.6 Å². The van der Waals surface area contributed by atoms with Crippen molar-refractivity contribution in [3.05, 3.63) is 68.4 Å². The van der Waals surface area contributed by atoms with E-state index < -0.39 is 15.8 Å². The molecule has 1 aliphatic heterocycles. The molecule has 0 bridgehead atoms. The van der Waals surface area contributed by atoms with E-state index in [0.717, 1.165) is 12.1 Å². The minimum Gasteiger partial charge on any atom is -0.309 e. The van der Waals surface area contributed by atoms with Gasteiger partial charge in [0.15, 0.2) is 0 Å². The first-order valence-corrected chi connectivity index (χ1v) is 11.3. The summed E-state index contributed by atoms with van der Waals surface area (Å²) in [5.74, 6) is -0.170. The number of sulfonamides is 1. The van der Waals surface area contributed by atoms with Crippen LogP contribution in [-0.4, -0.2) is 53.8 Å². The Kier molecular flexibility index (Phi) is 5.82. The lowest BCUT2D eigenvalue weighted by atomic mass is 10.2. The maximum absolute atomic E-state index is 13.3. The summed E-state index contributed by atoms with van der Waals surface area (Å²) in [4.78, 5) is 21.5. The van der Waals surface area contributed by atoms with Gasteiger partial charge in [-0.3, -0.25) is 9.69 Å². The molecule has 11 heteroatoms. The van der Waals surface area contributed by atoms with E-state index in [1.54, 1.807) is 18.2 Å². The number of aromatic amines is 1. The Morgan fingerprint density at radius 3 is 2.50 bits per heavy atom. The van der Waals surface area contributed by atoms with E-state index in [2.05, 4.69) is 9.97 Å². The molecule has 30 heavy (non-hydrogen) atoms. The van der Waals surface area contributed by atoms with Gasteiger partial charge < -0.3 is 4.98 Å². The number of fused-ring (bicyclic) bond motifs is 1. The summed E-state index contributed by atoms with van der Waals surface area (Å²) in [5, 5.41) is 0.643. The third-order valence-electron chi connectivity index (χ3n) is 4.95. The largest absolute Gasteiger partial charge is 0.309 e. The van der Waals surface area contributed by atoms with Crippen molar-refractivity contribution < 1.29 is 12.8 Å². The van der Waals surface area contributed by atoms with Crippen LogP contribution in [0, 0.1) is 5.82 Å². The molecule has 0 atom stereocenters. The van der Waals surface area contributed by atoms with E-state index in [4.69, 9.17) is 23.2 Å². The first-order valence-electron chi connectivity index (χ1n) is 9.10. The smallest absolute Gasteiger partial charge is 0.258 e. The van der Waals surface area contributed by atoms with Crippen LogP contribution in [0.4, 0.5) is 4.39 Å². The van der Waals surface area contributed by atoms with Gasteiger partial charge in [0.2, 0.25) is 10.0 Å². The van der Waals surface area contributed by atoms with Crippen molar-refractivity contribution in [3.63, 3.8) is 0 Å². The quantitative estimate of drug-likeness (QED) is 0.633. The second-order valence-corrected chi connectivity index (χ2v) is 9.71. The summed E-state index contributed by atoms with van der Waals surface area (Å²) >= 11 is 11.7. The van der Waals surface area contributed by atoms with Crippen molar-refractivity contribution >= 4 is 44.1 Å². The normalized spacial score (nSPS) is 16.2. The number of hydrogen-bond acceptors (Lipinski definition) is 5. The van der Waals surface area contributed by atoms with Gasteiger partial charge in [-0.1, -0.05) is 23.2 Å². The Labute approximate surface area is 182 Å². The van der Waals surface area contributed by atoms with Gasteiger partial charge in [-0.15, -0.1) is 0 Å². The van der Waals surface area contributed by atoms with Crippen molar-refractivity contribution in [2.45, 2.75) is 11.4 Å². The average Bonchev–Trinajstić information content (AvgIpc) is 2.71. The predicted octanol–water partition coefficient (Wildman–Crippen LogP) is 2.88. The Hall–Kier alpha value is -2.04. The Morgan fingerprint density at radius 2 is 1.80 bits per heavy atom. The van der Waals surface area contributed by atoms with Crippen LogP contribution in [0.2, 0.25) is 10.0 Å². The maximum atomic E-state index is 13.3. The molecule has 0 amide bonds. The molecule has 1 aliphatic rings. The number of H-pyrrole nitrogens is 1. The van der Waals surface area contributed by atoms with Gasteiger partial charge in [-0.25, -0.2) is 17.8 Å². The first kappa shape index (κ1) is 21.2. The van der Waals surface area contributed by atoms with E-state index in [9.17, 15) is 17.6 Å². The fourth-order valence-corrected chi connectivity index (χ4v) is 5.23. The molecule has 2 aromatic carbocycles. The van der Waals surface area contributed by atoms with E-state index in [-0.39, 0.29) is 28.6 Å². The van der Waals surface area contributed by atoms with E-state index in [1.165, 1.54) is 10.4 Å². The summed E-state index contributed by atoms with van der Waals surface area (Å²) in [6.07, 6.45) is 0. The highest BCUT2D eigenvalue weighted by Crippen LogP contribution is 2.23. The zero-order chi connectivity index (χ0) is 21.5. The lowest BCUT2D eigenvalue weighted by molar-refractivity contribution is 0.178. The van der Waals surface area contributed by atoms with Gasteiger partial charge in [-0.05, 0) is 36.4 Å². The molecule has 4 rings (SSSR count). The van der Waals surface area contributed by atoms with Crippen LogP contribution in [0.25, 0.3) is 10.9 Å². The lowest BCUT2D eigenvalue weighted by Crippen LogP contribution is -2.48. The van der Waals surface area contributed by atoms with Gasteiger partial charge in [0, 0.05) is 31.2 Å². The molecule has 1 aromatic heterocycles. The van der Waals surface area contributed by atoms with Gasteiger partial charge >= 0.3 is 0 Å². The number of benzene rings is 2. The third-order valence-corrected chi connectivity index (χ3v) is 7.37. The molecule has 0 unspecified atom stereocenters. The number of hydrogen-bond donors (Lipinski definition) is 1. The maximum Gasteiger partial charge on any atom is 0.258 e. The standard InChI is InChI=1S/C19H17Cl2FN4O3S/c20-12-1-4-17-14(9-12)19(27)24-18(23-17)11-25-5-7-26(8-6-25)30(28,29)13-2-3-16(22)15(21)10-13/h1-4,9-10H,5-8,11H2,(H,23,24,27). The van der Waals surface area contributed by atoms with Crippen molar-refractivity contribution in [3.8, 4) is 0 Å². The number of nitrogens with one attached hydrogen (secondary N) is 1. The summed E-state index contributed by atoms with van der Waals surface area (Å²) in [5.41, 5.74) is 0.277. The Balaban J connectivity index is 1.46. The van der Waals surface area contributed by atoms with Crippen molar-refractivity contribution in [1.29, 1.82) is 0 Å². The summed E-state index contributed by atoms with van der Waals surface area (Å²) in [6, 6.07) is 8.30. The predicted molar refractivity (Wildman–Crippen MR) is 113 cm³/mol. The lowest BCUT2D eigenvalue weighted by Gasteiger charge is -2.33. The van der Waals surface area contributed by atoms with Crippen LogP contribution in [-0.2, 0) is 16.6 Å². The van der Waals surface area contributed by atoms with Crippen LogP contribution >= 0.6 is 23.2 Å². The molecule has 0 saturated carbocycles. The van der Waals surface area contributed by atoms with Crippen LogP contribution in [0.15, 0.2) is 46.1 Å². The molecule has 7 nitrogen and oxygen atoms in total. The molecule has 1 N–H and O–H groups in total. The number of piperazine rings is 1. The topological polar surface area (TPSA) is 86.4 Å². The van der Waals surface area contributed by atoms with E-state index in [1.807, 2.05) is 4.90 Å². The molecule has 0 radical (unpaired) electrons. The van der Waals surface area contributed by atoms with Crippen molar-refractivity contribution in [2.75, 3.05) is 26.2 Å². The first-order chi connectivity index (χ1) is 14.2. The minimum atomic E-state index is -3.77. The van der Waals surface area contributed by atoms with Gasteiger partial charge in [0.25, 0.3) is 5.56 Å². The molecule has 1 fully saturated rings. The van der Waals surface area contributed by atoms with Gasteiger partial charge in [-0.2, -0.15) is 4.31 Å². The molecule has 0 aliphatic carbocycles. The molecular formula is C19H17Cl2FN4O3S. The average molecular weight is 471 g/mol. The van der Waals surface area contributed by atoms with Gasteiger partial charge in [0.05, 0.1) is 27.4 Å². The van der Waals surface area contributed by atoms with Crippen molar-refractivity contribution in [2.24, 2.45) is 0 Å². The monoisotopic (exact) mass is 470 g/mol. The highest BCUT2D eigenvalue weighted by atomic mass is 35.5. The highest BCUT2D eigenvalue weighted by molar-refractivity contribution is 7.89. The zero-order valence-corrected chi connectivity index (χ0v) is 17.9. The van der Waals surface area contributed by atoms with Crippen LogP contribution in [0.5, 0.6) is 0 Å². The highest BCUT2D eigenvalue weighted by Gasteiger charge is 2.29.